The van der Waals surface area contributed by atoms with E-state index in [0.717, 1.165) is 5.46 Å². The van der Waals surface area contributed by atoms with Gasteiger partial charge in [-0.1, -0.05) is 49.5 Å². The molecule has 1 aromatic rings. The highest BCUT2D eigenvalue weighted by Crippen LogP contribution is 2.54. The predicted molar refractivity (Wildman–Crippen MR) is 105 cm³/mol. The average Bonchev–Trinajstić information content (AvgIpc) is 3.08. The molecule has 0 amide bonds. The van der Waals surface area contributed by atoms with Crippen molar-refractivity contribution in [3.63, 3.8) is 0 Å². The van der Waals surface area contributed by atoms with E-state index < -0.39 is 8.07 Å². The van der Waals surface area contributed by atoms with Crippen LogP contribution in [0, 0.1) is 6.92 Å². The van der Waals surface area contributed by atoms with Crippen LogP contribution >= 0.6 is 0 Å². The molecule has 134 valence electrons. The maximum Gasteiger partial charge on any atom is 0.495 e. The molecule has 0 N–H and O–H groups in total. The monoisotopic (exact) mass is 356 g/mol. The molecule has 3 nitrogen and oxygen atoms in total. The van der Waals surface area contributed by atoms with Gasteiger partial charge in [-0.25, -0.2) is 0 Å². The second-order valence-corrected chi connectivity index (χ2v) is 15.0. The molecule has 0 saturated carbocycles. The van der Waals surface area contributed by atoms with Gasteiger partial charge in [0.25, 0.3) is 0 Å². The largest absolute Gasteiger partial charge is 0.495 e. The quantitative estimate of drug-likeness (QED) is 0.592. The Morgan fingerprint density at radius 3 is 2.16 bits per heavy atom. The van der Waals surface area contributed by atoms with Crippen molar-refractivity contribution >= 4 is 20.7 Å². The molecule has 3 aliphatic heterocycles. The van der Waals surface area contributed by atoms with Crippen LogP contribution in [-0.2, 0) is 19.3 Å². The van der Waals surface area contributed by atoms with E-state index in [9.17, 15) is 0 Å². The molecule has 0 aromatic heterocycles. The van der Waals surface area contributed by atoms with Crippen LogP contribution in [-0.4, -0.2) is 26.4 Å². The zero-order chi connectivity index (χ0) is 18.4. The summed E-state index contributed by atoms with van der Waals surface area (Å²) in [5, 5.41) is -0.225. The van der Waals surface area contributed by atoms with E-state index in [1.807, 2.05) is 0 Å². The highest BCUT2D eigenvalue weighted by Gasteiger charge is 2.58. The number of rotatable bonds is 2. The molecule has 0 spiro atoms. The van der Waals surface area contributed by atoms with Gasteiger partial charge in [0.1, 0.15) is 11.3 Å². The van der Waals surface area contributed by atoms with Gasteiger partial charge < -0.3 is 14.0 Å². The van der Waals surface area contributed by atoms with Crippen LogP contribution < -0.4 is 5.46 Å². The molecule has 4 rings (SSSR count). The standard InChI is InChI=1S/C20H29BO3Si/c1-13-11-14-17(16-9-10-20(14,22-16)25(6,7)8)15(12-13)21-23-18(2,3)19(4,5)24-21/h9-12,16H,1-8H3/t16-,20-/m0/s1. The summed E-state index contributed by atoms with van der Waals surface area (Å²) < 4.78 is 19.3. The fourth-order valence-electron chi connectivity index (χ4n) is 4.26. The minimum absolute atomic E-state index is 0.0244. The Hall–Kier alpha value is -0.878. The van der Waals surface area contributed by atoms with Crippen LogP contribution in [0.1, 0.15) is 50.5 Å². The second kappa shape index (κ2) is 4.89. The van der Waals surface area contributed by atoms with E-state index >= 15 is 0 Å². The Balaban J connectivity index is 1.87. The van der Waals surface area contributed by atoms with Crippen LogP contribution in [0.15, 0.2) is 24.3 Å². The van der Waals surface area contributed by atoms with Gasteiger partial charge in [0.05, 0.1) is 19.3 Å². The van der Waals surface area contributed by atoms with E-state index in [4.69, 9.17) is 14.0 Å². The lowest BCUT2D eigenvalue weighted by Gasteiger charge is -2.36. The summed E-state index contributed by atoms with van der Waals surface area (Å²) >= 11 is 0. The number of benzene rings is 1. The second-order valence-electron chi connectivity index (χ2n) is 9.79. The Bertz CT molecular complexity index is 762. The summed E-state index contributed by atoms with van der Waals surface area (Å²) in [6.45, 7) is 17.7. The highest BCUT2D eigenvalue weighted by molar-refractivity contribution is 6.79. The van der Waals surface area contributed by atoms with Crippen molar-refractivity contribution in [2.24, 2.45) is 0 Å². The van der Waals surface area contributed by atoms with Crippen molar-refractivity contribution in [3.8, 4) is 0 Å². The normalized spacial score (nSPS) is 31.7. The summed E-state index contributed by atoms with van der Waals surface area (Å²) in [5.41, 5.74) is 4.32. The van der Waals surface area contributed by atoms with Gasteiger partial charge in [0, 0.05) is 0 Å². The summed E-state index contributed by atoms with van der Waals surface area (Å²) in [6, 6.07) is 4.53. The van der Waals surface area contributed by atoms with Crippen molar-refractivity contribution in [2.75, 3.05) is 0 Å². The van der Waals surface area contributed by atoms with Gasteiger partial charge in [0.2, 0.25) is 0 Å². The molecule has 1 aromatic carbocycles. The summed E-state index contributed by atoms with van der Waals surface area (Å²) in [7, 11) is -1.96. The fourth-order valence-corrected chi connectivity index (χ4v) is 6.35. The predicted octanol–water partition coefficient (Wildman–Crippen LogP) is 4.01. The molecule has 25 heavy (non-hydrogen) atoms. The third-order valence-corrected chi connectivity index (χ3v) is 9.26. The van der Waals surface area contributed by atoms with Gasteiger partial charge in [-0.05, 0) is 51.2 Å². The highest BCUT2D eigenvalue weighted by atomic mass is 28.3. The van der Waals surface area contributed by atoms with Gasteiger partial charge in [-0.3, -0.25) is 0 Å². The topological polar surface area (TPSA) is 27.7 Å². The zero-order valence-electron chi connectivity index (χ0n) is 16.7. The van der Waals surface area contributed by atoms with Gasteiger partial charge in [-0.2, -0.15) is 0 Å². The molecule has 1 fully saturated rings. The maximum absolute atomic E-state index is 6.59. The van der Waals surface area contributed by atoms with Gasteiger partial charge in [0.15, 0.2) is 0 Å². The smallest absolute Gasteiger partial charge is 0.399 e. The molecular weight excluding hydrogens is 327 g/mol. The van der Waals surface area contributed by atoms with Crippen LogP contribution in [0.4, 0.5) is 0 Å². The van der Waals surface area contributed by atoms with Crippen molar-refractivity contribution in [3.05, 3.63) is 41.0 Å². The molecule has 0 radical (unpaired) electrons. The molecule has 0 unspecified atom stereocenters. The van der Waals surface area contributed by atoms with E-state index in [1.54, 1.807) is 0 Å². The first kappa shape index (κ1) is 17.5. The van der Waals surface area contributed by atoms with E-state index in [-0.39, 0.29) is 29.6 Å². The summed E-state index contributed by atoms with van der Waals surface area (Å²) in [4.78, 5) is 0. The molecule has 5 heteroatoms. The van der Waals surface area contributed by atoms with Crippen LogP contribution in [0.2, 0.25) is 19.6 Å². The molecule has 3 aliphatic rings. The van der Waals surface area contributed by atoms with Crippen molar-refractivity contribution < 1.29 is 14.0 Å². The Morgan fingerprint density at radius 1 is 1.00 bits per heavy atom. The number of hydrogen-bond donors (Lipinski definition) is 0. The maximum atomic E-state index is 6.59. The van der Waals surface area contributed by atoms with Crippen LogP contribution in [0.5, 0.6) is 0 Å². The van der Waals surface area contributed by atoms with E-state index in [0.29, 0.717) is 0 Å². The van der Waals surface area contributed by atoms with E-state index in [1.165, 1.54) is 16.7 Å². The average molecular weight is 356 g/mol. The zero-order valence-corrected chi connectivity index (χ0v) is 17.7. The lowest BCUT2D eigenvalue weighted by atomic mass is 9.72. The molecule has 1 saturated heterocycles. The Kier molecular flexibility index (Phi) is 3.43. The molecule has 3 heterocycles. The van der Waals surface area contributed by atoms with Gasteiger partial charge >= 0.3 is 7.12 Å². The molecular formula is C20H29BO3Si. The first-order chi connectivity index (χ1) is 11.4. The SMILES string of the molecule is Cc1cc(B2OC(C)(C)C(C)(C)O2)c2c(c1)[C@@]1([Si](C)(C)C)C=C[C@@H]2O1. The number of aryl methyl sites for hydroxylation is 1. The van der Waals surface area contributed by atoms with Crippen molar-refractivity contribution in [1.29, 1.82) is 0 Å². The van der Waals surface area contributed by atoms with Gasteiger partial charge in [-0.15, -0.1) is 0 Å². The first-order valence-electron chi connectivity index (χ1n) is 9.26. The first-order valence-corrected chi connectivity index (χ1v) is 12.8. The number of fused-ring (bicyclic) bond motifs is 5. The van der Waals surface area contributed by atoms with Crippen molar-refractivity contribution in [2.45, 2.75) is 76.8 Å². The van der Waals surface area contributed by atoms with Crippen molar-refractivity contribution in [1.82, 2.24) is 0 Å². The minimum Gasteiger partial charge on any atom is -0.399 e. The summed E-state index contributed by atoms with van der Waals surface area (Å²) in [5.74, 6) is 0. The number of hydrogen-bond acceptors (Lipinski definition) is 3. The molecule has 0 aliphatic carbocycles. The molecule has 2 bridgehead atoms. The van der Waals surface area contributed by atoms with Crippen LogP contribution in [0.25, 0.3) is 0 Å². The lowest BCUT2D eigenvalue weighted by molar-refractivity contribution is 0.00578. The third-order valence-electron chi connectivity index (χ3n) is 6.48. The van der Waals surface area contributed by atoms with E-state index in [2.05, 4.69) is 78.5 Å². The Labute approximate surface area is 152 Å². The summed E-state index contributed by atoms with van der Waals surface area (Å²) in [6.07, 6.45) is 4.56. The third kappa shape index (κ3) is 2.22. The van der Waals surface area contributed by atoms with Crippen LogP contribution in [0.3, 0.4) is 0 Å². The lowest BCUT2D eigenvalue weighted by Crippen LogP contribution is -2.47. The minimum atomic E-state index is -1.62. The molecule has 2 atom stereocenters. The number of ether oxygens (including phenoxy) is 1. The fraction of sp³-hybridized carbons (Fsp3) is 0.600. The Morgan fingerprint density at radius 2 is 1.60 bits per heavy atom.